The SMILES string of the molecule is N#Cc1cc(-c2ccccn2)n(Cc2ccccc2F)n1. The molecule has 2 aromatic heterocycles. The Labute approximate surface area is 121 Å². The predicted octanol–water partition coefficient (Wildman–Crippen LogP) is 3.00. The van der Waals surface area contributed by atoms with Crippen LogP contribution in [0.25, 0.3) is 11.4 Å². The number of halogens is 1. The molecule has 0 saturated carbocycles. The molecule has 3 rings (SSSR count). The van der Waals surface area contributed by atoms with Gasteiger partial charge in [-0.15, -0.1) is 0 Å². The summed E-state index contributed by atoms with van der Waals surface area (Å²) in [6.07, 6.45) is 1.67. The van der Waals surface area contributed by atoms with Crippen LogP contribution in [-0.2, 0) is 6.54 Å². The summed E-state index contributed by atoms with van der Waals surface area (Å²) in [5.41, 5.74) is 2.19. The molecule has 0 unspecified atom stereocenters. The van der Waals surface area contributed by atoms with Crippen LogP contribution in [0.5, 0.6) is 0 Å². The Bertz CT molecular complexity index is 803. The Kier molecular flexibility index (Phi) is 3.44. The third kappa shape index (κ3) is 2.65. The molecule has 0 saturated heterocycles. The van der Waals surface area contributed by atoms with Gasteiger partial charge < -0.3 is 0 Å². The summed E-state index contributed by atoms with van der Waals surface area (Å²) in [7, 11) is 0. The Morgan fingerprint density at radius 2 is 1.95 bits per heavy atom. The molecule has 1 aromatic carbocycles. The molecule has 0 fully saturated rings. The zero-order chi connectivity index (χ0) is 14.7. The molecule has 102 valence electrons. The number of hydrogen-bond acceptors (Lipinski definition) is 3. The van der Waals surface area contributed by atoms with Gasteiger partial charge in [-0.05, 0) is 18.2 Å². The molecule has 0 spiro atoms. The molecule has 0 aliphatic rings. The molecule has 3 aromatic rings. The van der Waals surface area contributed by atoms with Crippen LogP contribution in [0.3, 0.4) is 0 Å². The highest BCUT2D eigenvalue weighted by atomic mass is 19.1. The van der Waals surface area contributed by atoms with Crippen LogP contribution in [0.2, 0.25) is 0 Å². The highest BCUT2D eigenvalue weighted by Gasteiger charge is 2.12. The maximum absolute atomic E-state index is 13.8. The van der Waals surface area contributed by atoms with E-state index in [4.69, 9.17) is 5.26 Å². The summed E-state index contributed by atoms with van der Waals surface area (Å²) >= 11 is 0. The van der Waals surface area contributed by atoms with Gasteiger partial charge in [-0.1, -0.05) is 24.3 Å². The van der Waals surface area contributed by atoms with Crippen molar-refractivity contribution in [2.24, 2.45) is 0 Å². The first-order valence-electron chi connectivity index (χ1n) is 6.40. The summed E-state index contributed by atoms with van der Waals surface area (Å²) < 4.78 is 15.4. The fourth-order valence-electron chi connectivity index (χ4n) is 2.10. The van der Waals surface area contributed by atoms with Crippen LogP contribution < -0.4 is 0 Å². The molecule has 21 heavy (non-hydrogen) atoms. The van der Waals surface area contributed by atoms with Crippen molar-refractivity contribution in [3.63, 3.8) is 0 Å². The smallest absolute Gasteiger partial charge is 0.163 e. The van der Waals surface area contributed by atoms with Crippen molar-refractivity contribution in [1.29, 1.82) is 5.26 Å². The van der Waals surface area contributed by atoms with Gasteiger partial charge >= 0.3 is 0 Å². The summed E-state index contributed by atoms with van der Waals surface area (Å²) in [6, 6.07) is 15.7. The van der Waals surface area contributed by atoms with Gasteiger partial charge in [0, 0.05) is 17.8 Å². The number of aromatic nitrogens is 3. The summed E-state index contributed by atoms with van der Waals surface area (Å²) in [5.74, 6) is -0.293. The normalized spacial score (nSPS) is 10.3. The number of benzene rings is 1. The highest BCUT2D eigenvalue weighted by Crippen LogP contribution is 2.20. The third-order valence-electron chi connectivity index (χ3n) is 3.10. The average Bonchev–Trinajstić information content (AvgIpc) is 2.93. The van der Waals surface area contributed by atoms with E-state index in [-0.39, 0.29) is 18.1 Å². The Morgan fingerprint density at radius 3 is 2.67 bits per heavy atom. The summed E-state index contributed by atoms with van der Waals surface area (Å²) in [5, 5.41) is 13.2. The van der Waals surface area contributed by atoms with E-state index >= 15 is 0 Å². The number of rotatable bonds is 3. The van der Waals surface area contributed by atoms with E-state index in [1.54, 1.807) is 35.1 Å². The van der Waals surface area contributed by atoms with Gasteiger partial charge in [0.25, 0.3) is 0 Å². The Hall–Kier alpha value is -3.00. The molecule has 0 bridgehead atoms. The average molecular weight is 278 g/mol. The molecule has 5 heteroatoms. The van der Waals surface area contributed by atoms with Crippen LogP contribution in [-0.4, -0.2) is 14.8 Å². The lowest BCUT2D eigenvalue weighted by molar-refractivity contribution is 0.586. The number of hydrogen-bond donors (Lipinski definition) is 0. The van der Waals surface area contributed by atoms with Crippen molar-refractivity contribution in [2.45, 2.75) is 6.54 Å². The lowest BCUT2D eigenvalue weighted by Gasteiger charge is -2.07. The van der Waals surface area contributed by atoms with Gasteiger partial charge in [-0.3, -0.25) is 9.67 Å². The first-order chi connectivity index (χ1) is 10.3. The molecule has 0 atom stereocenters. The van der Waals surface area contributed by atoms with Crippen molar-refractivity contribution in [3.05, 3.63) is 71.8 Å². The van der Waals surface area contributed by atoms with E-state index < -0.39 is 0 Å². The van der Waals surface area contributed by atoms with Crippen molar-refractivity contribution < 1.29 is 4.39 Å². The van der Waals surface area contributed by atoms with E-state index in [9.17, 15) is 4.39 Å². The number of nitriles is 1. The van der Waals surface area contributed by atoms with Crippen LogP contribution >= 0.6 is 0 Å². The summed E-state index contributed by atoms with van der Waals surface area (Å²) in [4.78, 5) is 4.26. The van der Waals surface area contributed by atoms with E-state index in [0.29, 0.717) is 17.0 Å². The Balaban J connectivity index is 2.05. The Morgan fingerprint density at radius 1 is 1.14 bits per heavy atom. The van der Waals surface area contributed by atoms with E-state index in [2.05, 4.69) is 10.1 Å². The molecule has 0 N–H and O–H groups in total. The van der Waals surface area contributed by atoms with Crippen LogP contribution in [0, 0.1) is 17.1 Å². The minimum atomic E-state index is -0.293. The van der Waals surface area contributed by atoms with Crippen LogP contribution in [0.4, 0.5) is 4.39 Å². The van der Waals surface area contributed by atoms with Gasteiger partial charge in [0.1, 0.15) is 11.9 Å². The maximum Gasteiger partial charge on any atom is 0.163 e. The molecule has 0 aliphatic heterocycles. The van der Waals surface area contributed by atoms with Gasteiger partial charge in [0.05, 0.1) is 17.9 Å². The fraction of sp³-hybridized carbons (Fsp3) is 0.0625. The quantitative estimate of drug-likeness (QED) is 0.740. The lowest BCUT2D eigenvalue weighted by atomic mass is 10.2. The minimum absolute atomic E-state index is 0.250. The van der Waals surface area contributed by atoms with Gasteiger partial charge in [-0.2, -0.15) is 10.4 Å². The monoisotopic (exact) mass is 278 g/mol. The summed E-state index contributed by atoms with van der Waals surface area (Å²) in [6.45, 7) is 0.250. The van der Waals surface area contributed by atoms with E-state index in [0.717, 1.165) is 0 Å². The largest absolute Gasteiger partial charge is 0.257 e. The van der Waals surface area contributed by atoms with Gasteiger partial charge in [0.2, 0.25) is 0 Å². The van der Waals surface area contributed by atoms with Crippen molar-refractivity contribution >= 4 is 0 Å². The molecule has 0 amide bonds. The molecular formula is C16H11FN4. The topological polar surface area (TPSA) is 54.5 Å². The van der Waals surface area contributed by atoms with Crippen LogP contribution in [0.15, 0.2) is 54.7 Å². The third-order valence-corrected chi connectivity index (χ3v) is 3.10. The second-order valence-corrected chi connectivity index (χ2v) is 4.49. The van der Waals surface area contributed by atoms with Gasteiger partial charge in [0.15, 0.2) is 5.69 Å². The molecular weight excluding hydrogens is 267 g/mol. The van der Waals surface area contributed by atoms with Crippen molar-refractivity contribution in [3.8, 4) is 17.5 Å². The van der Waals surface area contributed by atoms with E-state index in [1.807, 2.05) is 24.3 Å². The van der Waals surface area contributed by atoms with Gasteiger partial charge in [-0.25, -0.2) is 4.39 Å². The second-order valence-electron chi connectivity index (χ2n) is 4.49. The highest BCUT2D eigenvalue weighted by molar-refractivity contribution is 5.56. The zero-order valence-electron chi connectivity index (χ0n) is 11.1. The second kappa shape index (κ2) is 5.55. The van der Waals surface area contributed by atoms with Crippen molar-refractivity contribution in [1.82, 2.24) is 14.8 Å². The number of pyridine rings is 1. The van der Waals surface area contributed by atoms with E-state index in [1.165, 1.54) is 6.07 Å². The standard InChI is InChI=1S/C16H11FN4/c17-14-6-2-1-5-12(14)11-21-16(9-13(10-18)20-21)15-7-3-4-8-19-15/h1-9H,11H2. The van der Waals surface area contributed by atoms with Crippen LogP contribution in [0.1, 0.15) is 11.3 Å². The maximum atomic E-state index is 13.8. The zero-order valence-corrected chi connectivity index (χ0v) is 11.1. The first-order valence-corrected chi connectivity index (χ1v) is 6.40. The molecule has 0 radical (unpaired) electrons. The minimum Gasteiger partial charge on any atom is -0.257 e. The van der Waals surface area contributed by atoms with Crippen molar-refractivity contribution in [2.75, 3.05) is 0 Å². The molecule has 2 heterocycles. The first kappa shape index (κ1) is 13.0. The molecule has 4 nitrogen and oxygen atoms in total. The fourth-order valence-corrected chi connectivity index (χ4v) is 2.10. The lowest BCUT2D eigenvalue weighted by Crippen LogP contribution is -2.06. The number of nitrogens with zero attached hydrogens (tertiary/aromatic N) is 4. The predicted molar refractivity (Wildman–Crippen MR) is 75.7 cm³/mol. The molecule has 0 aliphatic carbocycles.